The first-order valence-corrected chi connectivity index (χ1v) is 10.3. The summed E-state index contributed by atoms with van der Waals surface area (Å²) in [5, 5.41) is 0.976. The summed E-state index contributed by atoms with van der Waals surface area (Å²) in [7, 11) is -3.21. The highest BCUT2D eigenvalue weighted by Gasteiger charge is 2.24. The van der Waals surface area contributed by atoms with Gasteiger partial charge in [0.1, 0.15) is 5.58 Å². The predicted molar refractivity (Wildman–Crippen MR) is 97.0 cm³/mol. The molecule has 0 bridgehead atoms. The van der Waals surface area contributed by atoms with Crippen molar-refractivity contribution < 1.29 is 17.6 Å². The van der Waals surface area contributed by atoms with Crippen LogP contribution in [0.1, 0.15) is 23.1 Å². The fourth-order valence-corrected chi connectivity index (χ4v) is 4.15. The first-order chi connectivity index (χ1) is 11.8. The predicted octanol–water partition coefficient (Wildman–Crippen LogP) is 2.09. The molecule has 1 saturated heterocycles. The molecule has 0 spiro atoms. The number of benzene rings is 1. The Morgan fingerprint density at radius 1 is 1.16 bits per heavy atom. The SMILES string of the molecule is Cc1ccc2c(CC(=O)N3CCCN(S(C)(=O)=O)CC3)coc2c1C. The molecule has 0 N–H and O–H groups in total. The monoisotopic (exact) mass is 364 g/mol. The van der Waals surface area contributed by atoms with Gasteiger partial charge in [0, 0.05) is 37.1 Å². The summed E-state index contributed by atoms with van der Waals surface area (Å²) in [6, 6.07) is 4.04. The van der Waals surface area contributed by atoms with Crippen LogP contribution in [-0.4, -0.2) is 56.0 Å². The van der Waals surface area contributed by atoms with Gasteiger partial charge in [-0.3, -0.25) is 4.79 Å². The van der Waals surface area contributed by atoms with Gasteiger partial charge in [-0.05, 0) is 31.4 Å². The smallest absolute Gasteiger partial charge is 0.227 e. The highest BCUT2D eigenvalue weighted by Crippen LogP contribution is 2.27. The van der Waals surface area contributed by atoms with Crippen LogP contribution in [0.2, 0.25) is 0 Å². The van der Waals surface area contributed by atoms with Crippen LogP contribution in [-0.2, 0) is 21.2 Å². The van der Waals surface area contributed by atoms with E-state index in [1.165, 1.54) is 10.6 Å². The van der Waals surface area contributed by atoms with E-state index in [0.717, 1.165) is 27.7 Å². The van der Waals surface area contributed by atoms with E-state index in [0.29, 0.717) is 32.6 Å². The normalized spacial score (nSPS) is 17.0. The highest BCUT2D eigenvalue weighted by molar-refractivity contribution is 7.88. The van der Waals surface area contributed by atoms with Gasteiger partial charge >= 0.3 is 0 Å². The summed E-state index contributed by atoms with van der Waals surface area (Å²) < 4.78 is 30.5. The molecular formula is C18H24N2O4S. The van der Waals surface area contributed by atoms with Crippen LogP contribution in [0, 0.1) is 13.8 Å². The number of furan rings is 1. The maximum atomic E-state index is 12.7. The van der Waals surface area contributed by atoms with Gasteiger partial charge < -0.3 is 9.32 Å². The maximum absolute atomic E-state index is 12.7. The van der Waals surface area contributed by atoms with Crippen molar-refractivity contribution in [3.8, 4) is 0 Å². The number of hydrogen-bond donors (Lipinski definition) is 0. The number of sulfonamides is 1. The van der Waals surface area contributed by atoms with Crippen molar-refractivity contribution in [1.82, 2.24) is 9.21 Å². The van der Waals surface area contributed by atoms with Crippen molar-refractivity contribution in [3.05, 3.63) is 35.1 Å². The van der Waals surface area contributed by atoms with Crippen molar-refractivity contribution >= 4 is 26.9 Å². The van der Waals surface area contributed by atoms with Crippen molar-refractivity contribution in [1.29, 1.82) is 0 Å². The summed E-state index contributed by atoms with van der Waals surface area (Å²) in [6.07, 6.45) is 3.81. The Bertz CT molecular complexity index is 901. The molecule has 25 heavy (non-hydrogen) atoms. The van der Waals surface area contributed by atoms with E-state index < -0.39 is 10.0 Å². The van der Waals surface area contributed by atoms with Gasteiger partial charge in [0.2, 0.25) is 15.9 Å². The molecule has 7 heteroatoms. The third kappa shape index (κ3) is 3.72. The quantitative estimate of drug-likeness (QED) is 0.836. The first-order valence-electron chi connectivity index (χ1n) is 8.46. The van der Waals surface area contributed by atoms with Crippen LogP contribution in [0.3, 0.4) is 0 Å². The van der Waals surface area contributed by atoms with E-state index in [-0.39, 0.29) is 12.3 Å². The molecule has 0 unspecified atom stereocenters. The van der Waals surface area contributed by atoms with Gasteiger partial charge in [-0.25, -0.2) is 12.7 Å². The molecule has 136 valence electrons. The van der Waals surface area contributed by atoms with Gasteiger partial charge in [0.25, 0.3) is 0 Å². The average molecular weight is 364 g/mol. The number of hydrogen-bond acceptors (Lipinski definition) is 4. The lowest BCUT2D eigenvalue weighted by Crippen LogP contribution is -2.37. The standard InChI is InChI=1S/C18H24N2O4S/c1-13-5-6-16-15(12-24-18(16)14(13)2)11-17(21)19-7-4-8-20(10-9-19)25(3,22)23/h5-6,12H,4,7-11H2,1-3H3. The van der Waals surface area contributed by atoms with E-state index in [1.807, 2.05) is 26.0 Å². The molecular weight excluding hydrogens is 340 g/mol. The van der Waals surface area contributed by atoms with Crippen LogP contribution in [0.15, 0.2) is 22.8 Å². The molecule has 1 aliphatic heterocycles. The zero-order valence-electron chi connectivity index (χ0n) is 14.9. The lowest BCUT2D eigenvalue weighted by molar-refractivity contribution is -0.130. The van der Waals surface area contributed by atoms with E-state index in [1.54, 1.807) is 11.2 Å². The van der Waals surface area contributed by atoms with Gasteiger partial charge in [-0.2, -0.15) is 0 Å². The topological polar surface area (TPSA) is 70.8 Å². The molecule has 1 aromatic carbocycles. The molecule has 2 heterocycles. The highest BCUT2D eigenvalue weighted by atomic mass is 32.2. The van der Waals surface area contributed by atoms with Crippen LogP contribution >= 0.6 is 0 Å². The molecule has 6 nitrogen and oxygen atoms in total. The Morgan fingerprint density at radius 2 is 1.92 bits per heavy atom. The van der Waals surface area contributed by atoms with Crippen molar-refractivity contribution in [2.75, 3.05) is 32.4 Å². The second-order valence-corrected chi connectivity index (χ2v) is 8.70. The van der Waals surface area contributed by atoms with E-state index in [4.69, 9.17) is 4.42 Å². The fourth-order valence-electron chi connectivity index (χ4n) is 3.27. The molecule has 0 atom stereocenters. The average Bonchev–Trinajstić information content (AvgIpc) is 2.78. The summed E-state index contributed by atoms with van der Waals surface area (Å²) >= 11 is 0. The number of carbonyl (C=O) groups is 1. The molecule has 1 aromatic heterocycles. The number of amides is 1. The van der Waals surface area contributed by atoms with E-state index in [2.05, 4.69) is 0 Å². The van der Waals surface area contributed by atoms with Crippen LogP contribution < -0.4 is 0 Å². The minimum atomic E-state index is -3.21. The Morgan fingerprint density at radius 3 is 2.64 bits per heavy atom. The molecule has 3 rings (SSSR count). The molecule has 1 amide bonds. The largest absolute Gasteiger partial charge is 0.464 e. The zero-order chi connectivity index (χ0) is 18.2. The lowest BCUT2D eigenvalue weighted by atomic mass is 10.0. The summed E-state index contributed by atoms with van der Waals surface area (Å²) in [5.41, 5.74) is 3.97. The number of fused-ring (bicyclic) bond motifs is 1. The number of carbonyl (C=O) groups excluding carboxylic acids is 1. The molecule has 0 saturated carbocycles. The second-order valence-electron chi connectivity index (χ2n) is 6.72. The molecule has 0 radical (unpaired) electrons. The van der Waals surface area contributed by atoms with Crippen LogP contribution in [0.5, 0.6) is 0 Å². The number of nitrogens with zero attached hydrogens (tertiary/aromatic N) is 2. The van der Waals surface area contributed by atoms with Crippen LogP contribution in [0.4, 0.5) is 0 Å². The molecule has 1 aliphatic rings. The minimum absolute atomic E-state index is 0.0104. The van der Waals surface area contributed by atoms with Gasteiger partial charge in [-0.1, -0.05) is 12.1 Å². The summed E-state index contributed by atoms with van der Waals surface area (Å²) in [5.74, 6) is 0.0104. The zero-order valence-corrected chi connectivity index (χ0v) is 15.7. The number of rotatable bonds is 3. The Hall–Kier alpha value is -1.86. The number of aryl methyl sites for hydroxylation is 2. The molecule has 2 aromatic rings. The maximum Gasteiger partial charge on any atom is 0.227 e. The van der Waals surface area contributed by atoms with Gasteiger partial charge in [0.15, 0.2) is 0 Å². The van der Waals surface area contributed by atoms with Gasteiger partial charge in [0.05, 0.1) is 18.9 Å². The summed E-state index contributed by atoms with van der Waals surface area (Å²) in [6.45, 7) is 5.89. The first kappa shape index (κ1) is 17.9. The third-order valence-electron chi connectivity index (χ3n) is 4.96. The molecule has 1 fully saturated rings. The second kappa shape index (κ2) is 6.80. The molecule has 0 aliphatic carbocycles. The van der Waals surface area contributed by atoms with Crippen LogP contribution in [0.25, 0.3) is 11.0 Å². The lowest BCUT2D eigenvalue weighted by Gasteiger charge is -2.21. The Kier molecular flexibility index (Phi) is 4.88. The van der Waals surface area contributed by atoms with Crippen molar-refractivity contribution in [3.63, 3.8) is 0 Å². The van der Waals surface area contributed by atoms with Gasteiger partial charge in [-0.15, -0.1) is 0 Å². The Labute approximate surface area is 148 Å². The van der Waals surface area contributed by atoms with E-state index in [9.17, 15) is 13.2 Å². The van der Waals surface area contributed by atoms with E-state index >= 15 is 0 Å². The van der Waals surface area contributed by atoms with Crippen molar-refractivity contribution in [2.24, 2.45) is 0 Å². The third-order valence-corrected chi connectivity index (χ3v) is 6.26. The Balaban J connectivity index is 1.74. The fraction of sp³-hybridized carbons (Fsp3) is 0.500. The van der Waals surface area contributed by atoms with Crippen molar-refractivity contribution in [2.45, 2.75) is 26.7 Å². The summed E-state index contributed by atoms with van der Waals surface area (Å²) in [4.78, 5) is 14.4. The minimum Gasteiger partial charge on any atom is -0.464 e.